The highest BCUT2D eigenvalue weighted by molar-refractivity contribution is 9.10. The van der Waals surface area contributed by atoms with Crippen molar-refractivity contribution in [3.05, 3.63) is 50.6 Å². The van der Waals surface area contributed by atoms with Crippen molar-refractivity contribution >= 4 is 43.0 Å². The summed E-state index contributed by atoms with van der Waals surface area (Å²) in [5.74, 6) is -0.175. The lowest BCUT2D eigenvalue weighted by Crippen LogP contribution is -2.22. The fourth-order valence-corrected chi connectivity index (χ4v) is 3.97. The van der Waals surface area contributed by atoms with E-state index in [2.05, 4.69) is 21.2 Å². The average Bonchev–Trinajstić information content (AvgIpc) is 2.90. The van der Waals surface area contributed by atoms with E-state index < -0.39 is 9.84 Å². The molecule has 0 aliphatic rings. The molecule has 0 unspecified atom stereocenters. The lowest BCUT2D eigenvalue weighted by atomic mass is 10.2. The molecule has 0 saturated carbocycles. The van der Waals surface area contributed by atoms with Gasteiger partial charge < -0.3 is 5.32 Å². The predicted molar refractivity (Wildman–Crippen MR) is 87.4 cm³/mol. The van der Waals surface area contributed by atoms with Crippen LogP contribution in [0.25, 0.3) is 0 Å². The maximum Gasteiger partial charge on any atom is 0.251 e. The Morgan fingerprint density at radius 1 is 1.29 bits per heavy atom. The molecule has 0 saturated heterocycles. The van der Waals surface area contributed by atoms with Gasteiger partial charge in [0, 0.05) is 20.3 Å². The average molecular weight is 388 g/mol. The molecule has 112 valence electrons. The molecule has 4 nitrogen and oxygen atoms in total. The van der Waals surface area contributed by atoms with Gasteiger partial charge in [-0.05, 0) is 46.3 Å². The Bertz CT molecular complexity index is 736. The summed E-state index contributed by atoms with van der Waals surface area (Å²) in [5, 5.41) is 4.75. The van der Waals surface area contributed by atoms with Crippen LogP contribution < -0.4 is 5.32 Å². The fraction of sp³-hybridized carbons (Fsp3) is 0.214. The molecule has 0 fully saturated rings. The van der Waals surface area contributed by atoms with E-state index in [-0.39, 0.29) is 16.6 Å². The Labute approximate surface area is 136 Å². The molecule has 0 spiro atoms. The van der Waals surface area contributed by atoms with Gasteiger partial charge in [-0.15, -0.1) is 11.3 Å². The van der Waals surface area contributed by atoms with Crippen LogP contribution in [0.5, 0.6) is 0 Å². The number of amides is 1. The molecule has 1 amide bonds. The highest BCUT2D eigenvalue weighted by atomic mass is 79.9. The van der Waals surface area contributed by atoms with Gasteiger partial charge in [0.05, 0.1) is 17.2 Å². The van der Waals surface area contributed by atoms with Crippen molar-refractivity contribution in [3.63, 3.8) is 0 Å². The van der Waals surface area contributed by atoms with E-state index in [4.69, 9.17) is 0 Å². The molecular weight excluding hydrogens is 374 g/mol. The standard InChI is InChI=1S/C14H14BrNO3S2/c1-2-21(18,19)13-5-3-10(4-6-13)14(17)16-8-12-7-11(15)9-20-12/h3-7,9H,2,8H2,1H3,(H,16,17). The summed E-state index contributed by atoms with van der Waals surface area (Å²) in [6, 6.07) is 7.94. The Morgan fingerprint density at radius 2 is 1.95 bits per heavy atom. The van der Waals surface area contributed by atoms with Crippen molar-refractivity contribution in [2.45, 2.75) is 18.4 Å². The van der Waals surface area contributed by atoms with Gasteiger partial charge in [0.1, 0.15) is 0 Å². The van der Waals surface area contributed by atoms with Crippen LogP contribution in [0.15, 0.2) is 45.1 Å². The Balaban J connectivity index is 2.03. The molecule has 2 aromatic rings. The monoisotopic (exact) mass is 387 g/mol. The number of carbonyl (C=O) groups is 1. The maximum absolute atomic E-state index is 12.0. The van der Waals surface area contributed by atoms with Crippen LogP contribution in [-0.2, 0) is 16.4 Å². The molecule has 0 bridgehead atoms. The molecule has 1 heterocycles. The van der Waals surface area contributed by atoms with Crippen LogP contribution >= 0.6 is 27.3 Å². The van der Waals surface area contributed by atoms with E-state index in [1.165, 1.54) is 24.3 Å². The minimum absolute atomic E-state index is 0.0474. The number of benzene rings is 1. The van der Waals surface area contributed by atoms with Gasteiger partial charge in [-0.3, -0.25) is 4.79 Å². The van der Waals surface area contributed by atoms with Gasteiger partial charge in [-0.2, -0.15) is 0 Å². The molecule has 0 atom stereocenters. The van der Waals surface area contributed by atoms with E-state index in [9.17, 15) is 13.2 Å². The lowest BCUT2D eigenvalue weighted by Gasteiger charge is -2.05. The van der Waals surface area contributed by atoms with Gasteiger partial charge in [-0.25, -0.2) is 8.42 Å². The van der Waals surface area contributed by atoms with Gasteiger partial charge in [0.25, 0.3) is 5.91 Å². The second kappa shape index (κ2) is 6.72. The third-order valence-electron chi connectivity index (χ3n) is 2.90. The first kappa shape index (κ1) is 16.2. The molecule has 1 N–H and O–H groups in total. The topological polar surface area (TPSA) is 63.2 Å². The largest absolute Gasteiger partial charge is 0.347 e. The summed E-state index contributed by atoms with van der Waals surface area (Å²) >= 11 is 4.91. The van der Waals surface area contributed by atoms with Crippen molar-refractivity contribution in [1.29, 1.82) is 0 Å². The number of halogens is 1. The maximum atomic E-state index is 12.0. The number of rotatable bonds is 5. The number of hydrogen-bond donors (Lipinski definition) is 1. The normalized spacial score (nSPS) is 11.3. The van der Waals surface area contributed by atoms with Crippen LogP contribution in [0.4, 0.5) is 0 Å². The van der Waals surface area contributed by atoms with Crippen LogP contribution in [0.1, 0.15) is 22.2 Å². The molecule has 21 heavy (non-hydrogen) atoms. The molecule has 0 aliphatic heterocycles. The minimum Gasteiger partial charge on any atom is -0.347 e. The molecule has 0 aliphatic carbocycles. The first-order chi connectivity index (χ1) is 9.92. The minimum atomic E-state index is -3.23. The van der Waals surface area contributed by atoms with E-state index >= 15 is 0 Å². The number of carbonyl (C=O) groups excluding carboxylic acids is 1. The SMILES string of the molecule is CCS(=O)(=O)c1ccc(C(=O)NCc2cc(Br)cs2)cc1. The zero-order valence-electron chi connectivity index (χ0n) is 11.3. The van der Waals surface area contributed by atoms with Gasteiger partial charge >= 0.3 is 0 Å². The second-order valence-electron chi connectivity index (χ2n) is 4.34. The number of hydrogen-bond acceptors (Lipinski definition) is 4. The van der Waals surface area contributed by atoms with Gasteiger partial charge in [-0.1, -0.05) is 6.92 Å². The van der Waals surface area contributed by atoms with Crippen LogP contribution in [0.3, 0.4) is 0 Å². The first-order valence-corrected chi connectivity index (χ1v) is 9.59. The third-order valence-corrected chi connectivity index (χ3v) is 6.35. The van der Waals surface area contributed by atoms with E-state index in [0.29, 0.717) is 12.1 Å². The smallest absolute Gasteiger partial charge is 0.251 e. The highest BCUT2D eigenvalue weighted by Gasteiger charge is 2.12. The third kappa shape index (κ3) is 4.15. The van der Waals surface area contributed by atoms with Crippen LogP contribution in [0, 0.1) is 0 Å². The molecule has 2 rings (SSSR count). The van der Waals surface area contributed by atoms with Crippen LogP contribution in [0.2, 0.25) is 0 Å². The first-order valence-electron chi connectivity index (χ1n) is 6.26. The summed E-state index contributed by atoms with van der Waals surface area (Å²) in [5.41, 5.74) is 0.445. The highest BCUT2D eigenvalue weighted by Crippen LogP contribution is 2.19. The number of nitrogens with one attached hydrogen (secondary N) is 1. The van der Waals surface area contributed by atoms with Crippen molar-refractivity contribution in [2.75, 3.05) is 5.75 Å². The summed E-state index contributed by atoms with van der Waals surface area (Å²) < 4.78 is 24.4. The quantitative estimate of drug-likeness (QED) is 0.856. The van der Waals surface area contributed by atoms with Gasteiger partial charge in [0.15, 0.2) is 9.84 Å². The fourth-order valence-electron chi connectivity index (χ4n) is 1.70. The molecular formula is C14H14BrNO3S2. The summed E-state index contributed by atoms with van der Waals surface area (Å²) in [6.45, 7) is 2.04. The summed E-state index contributed by atoms with van der Waals surface area (Å²) in [4.78, 5) is 13.3. The lowest BCUT2D eigenvalue weighted by molar-refractivity contribution is 0.0951. The van der Waals surface area contributed by atoms with Crippen molar-refractivity contribution in [1.82, 2.24) is 5.32 Å². The number of thiophene rings is 1. The zero-order valence-corrected chi connectivity index (χ0v) is 14.5. The molecule has 1 aromatic carbocycles. The van der Waals surface area contributed by atoms with E-state index in [1.54, 1.807) is 18.3 Å². The molecule has 1 aromatic heterocycles. The summed E-state index contributed by atoms with van der Waals surface area (Å²) in [6.07, 6.45) is 0. The van der Waals surface area contributed by atoms with E-state index in [0.717, 1.165) is 9.35 Å². The van der Waals surface area contributed by atoms with Gasteiger partial charge in [0.2, 0.25) is 0 Å². The Morgan fingerprint density at radius 3 is 2.48 bits per heavy atom. The van der Waals surface area contributed by atoms with E-state index in [1.807, 2.05) is 11.4 Å². The van der Waals surface area contributed by atoms with Crippen molar-refractivity contribution in [2.24, 2.45) is 0 Å². The van der Waals surface area contributed by atoms with Crippen molar-refractivity contribution in [3.8, 4) is 0 Å². The number of sulfone groups is 1. The molecule has 0 radical (unpaired) electrons. The Hall–Kier alpha value is -1.18. The zero-order chi connectivity index (χ0) is 15.5. The van der Waals surface area contributed by atoms with Crippen molar-refractivity contribution < 1.29 is 13.2 Å². The summed E-state index contributed by atoms with van der Waals surface area (Å²) in [7, 11) is -3.23. The Kier molecular flexibility index (Phi) is 5.18. The van der Waals surface area contributed by atoms with Crippen LogP contribution in [-0.4, -0.2) is 20.1 Å². The predicted octanol–water partition coefficient (Wildman–Crippen LogP) is 3.23. The second-order valence-corrected chi connectivity index (χ2v) is 8.53. The molecule has 7 heteroatoms.